The second-order valence-corrected chi connectivity index (χ2v) is 13.5. The lowest BCUT2D eigenvalue weighted by Gasteiger charge is -2.49. The van der Waals surface area contributed by atoms with Gasteiger partial charge in [0.25, 0.3) is 0 Å². The van der Waals surface area contributed by atoms with Crippen molar-refractivity contribution in [2.75, 3.05) is 16.9 Å². The highest BCUT2D eigenvalue weighted by molar-refractivity contribution is 14.1. The van der Waals surface area contributed by atoms with Gasteiger partial charge in [0.1, 0.15) is 0 Å². The van der Waals surface area contributed by atoms with Crippen molar-refractivity contribution in [1.82, 2.24) is 0 Å². The largest absolute Gasteiger partial charge is 0.504 e. The zero-order valence-corrected chi connectivity index (χ0v) is 26.9. The van der Waals surface area contributed by atoms with Crippen LogP contribution in [0.3, 0.4) is 0 Å². The number of carbonyl (C=O) groups is 4. The van der Waals surface area contributed by atoms with Crippen LogP contribution in [0.15, 0.2) is 85.0 Å². The fourth-order valence-corrected chi connectivity index (χ4v) is 8.77. The Balaban J connectivity index is 1.38. The topological polar surface area (TPSA) is 104 Å². The molecule has 0 radical (unpaired) electrons. The normalized spacial score (nSPS) is 28.9. The lowest BCUT2D eigenvalue weighted by atomic mass is 9.51. The van der Waals surface area contributed by atoms with Gasteiger partial charge in [-0.15, -0.1) is 0 Å². The number of hydrogen-bond acceptors (Lipinski definition) is 6. The Hall–Kier alpha value is -4.25. The Bertz CT molecular complexity index is 1820. The van der Waals surface area contributed by atoms with Gasteiger partial charge in [-0.3, -0.25) is 24.1 Å². The molecule has 2 heterocycles. The summed E-state index contributed by atoms with van der Waals surface area (Å²) in [5, 5.41) is 10.7. The maximum atomic E-state index is 14.5. The number of hydrogen-bond donors (Lipinski definition) is 1. The SMILES string of the molecule is C=Cc1ccc(N2C(=O)[C@H]3[C@H](CC=C4[C@H]3C[C@H]3C(=O)N(c5ccccc5)C(=O)[C@@]3(C)[C@H]4c3cc(I)c(O)c(OC)c3)C2=O)cc1. The molecule has 0 bridgehead atoms. The van der Waals surface area contributed by atoms with Crippen molar-refractivity contribution < 1.29 is 29.0 Å². The molecule has 1 N–H and O–H groups in total. The summed E-state index contributed by atoms with van der Waals surface area (Å²) in [5.41, 5.74) is 2.28. The van der Waals surface area contributed by atoms with Crippen molar-refractivity contribution in [2.24, 2.45) is 29.1 Å². The number of benzene rings is 3. The molecule has 45 heavy (non-hydrogen) atoms. The van der Waals surface area contributed by atoms with Gasteiger partial charge in [-0.1, -0.05) is 54.6 Å². The van der Waals surface area contributed by atoms with Crippen molar-refractivity contribution in [1.29, 1.82) is 0 Å². The van der Waals surface area contributed by atoms with Gasteiger partial charge in [0, 0.05) is 5.92 Å². The first-order valence-corrected chi connectivity index (χ1v) is 16.0. The van der Waals surface area contributed by atoms with Gasteiger partial charge >= 0.3 is 0 Å². The molecule has 4 aliphatic rings. The van der Waals surface area contributed by atoms with E-state index in [9.17, 15) is 24.3 Å². The van der Waals surface area contributed by atoms with E-state index in [0.717, 1.165) is 11.1 Å². The van der Waals surface area contributed by atoms with Gasteiger partial charge in [-0.05, 0) is 95.8 Å². The van der Waals surface area contributed by atoms with Crippen LogP contribution in [0.25, 0.3) is 6.08 Å². The number of aromatic hydroxyl groups is 1. The van der Waals surface area contributed by atoms with Crippen molar-refractivity contribution >= 4 is 63.7 Å². The molecule has 2 aliphatic carbocycles. The van der Waals surface area contributed by atoms with Gasteiger partial charge in [0.2, 0.25) is 23.6 Å². The molecule has 4 amide bonds. The predicted molar refractivity (Wildman–Crippen MR) is 177 cm³/mol. The maximum Gasteiger partial charge on any atom is 0.241 e. The van der Waals surface area contributed by atoms with Crippen LogP contribution in [-0.2, 0) is 19.2 Å². The number of imide groups is 2. The number of ether oxygens (including phenoxy) is 1. The quantitative estimate of drug-likeness (QED) is 0.195. The van der Waals surface area contributed by atoms with E-state index in [2.05, 4.69) is 6.58 Å². The summed E-state index contributed by atoms with van der Waals surface area (Å²) in [7, 11) is 1.47. The highest BCUT2D eigenvalue weighted by Gasteiger charge is 2.67. The van der Waals surface area contributed by atoms with Crippen LogP contribution in [0, 0.1) is 32.7 Å². The highest BCUT2D eigenvalue weighted by atomic mass is 127. The minimum atomic E-state index is -1.18. The molecule has 1 saturated carbocycles. The number of para-hydroxylation sites is 1. The molecule has 3 aromatic carbocycles. The number of phenols is 1. The predicted octanol–water partition coefficient (Wildman–Crippen LogP) is 6.08. The first kappa shape index (κ1) is 29.5. The monoisotopic (exact) mass is 714 g/mol. The molecular weight excluding hydrogens is 683 g/mol. The number of nitrogens with zero attached hydrogens (tertiary/aromatic N) is 2. The average Bonchev–Trinajstić information content (AvgIpc) is 3.42. The number of allylic oxidation sites excluding steroid dienone is 2. The van der Waals surface area contributed by atoms with Crippen LogP contribution >= 0.6 is 22.6 Å². The Morgan fingerprint density at radius 3 is 2.29 bits per heavy atom. The van der Waals surface area contributed by atoms with Crippen molar-refractivity contribution in [3.05, 3.63) is 99.7 Å². The third-order valence-electron chi connectivity index (χ3n) is 10.3. The number of phenolic OH excluding ortho intramolecular Hbond substituents is 1. The summed E-state index contributed by atoms with van der Waals surface area (Å²) >= 11 is 2.03. The standard InChI is InChI=1S/C36H31IN2O6/c1-4-19-10-12-22(13-11-19)38-32(41)24-15-14-23-25(29(24)34(38)43)18-26-33(42)39(21-8-6-5-7-9-21)35(44)36(26,2)30(23)20-16-27(37)31(40)28(17-20)45-3/h4-14,16-17,24-26,29-30,40H,1,15,18H2,2-3H3/t24-,25+,26-,29-,30-,36+/m0/s1. The fraction of sp³-hybridized carbons (Fsp3) is 0.278. The molecule has 2 saturated heterocycles. The van der Waals surface area contributed by atoms with E-state index >= 15 is 0 Å². The molecule has 228 valence electrons. The van der Waals surface area contributed by atoms with Crippen molar-refractivity contribution in [2.45, 2.75) is 25.7 Å². The second kappa shape index (κ2) is 10.7. The minimum Gasteiger partial charge on any atom is -0.504 e. The number of amides is 4. The van der Waals surface area contributed by atoms with Crippen LogP contribution in [0.4, 0.5) is 11.4 Å². The summed E-state index contributed by atoms with van der Waals surface area (Å²) in [4.78, 5) is 59.4. The lowest BCUT2D eigenvalue weighted by molar-refractivity contribution is -0.131. The molecular formula is C36H31IN2O6. The highest BCUT2D eigenvalue weighted by Crippen LogP contribution is 2.64. The van der Waals surface area contributed by atoms with E-state index in [0.29, 0.717) is 26.9 Å². The fourth-order valence-electron chi connectivity index (χ4n) is 8.15. The molecule has 0 spiro atoms. The average molecular weight is 715 g/mol. The van der Waals surface area contributed by atoms with Gasteiger partial charge in [-0.25, -0.2) is 4.90 Å². The third kappa shape index (κ3) is 4.16. The summed E-state index contributed by atoms with van der Waals surface area (Å²) in [5.74, 6) is -3.93. The van der Waals surface area contributed by atoms with Gasteiger partial charge in [0.15, 0.2) is 11.5 Å². The molecule has 2 aliphatic heterocycles. The number of halogens is 1. The van der Waals surface area contributed by atoms with E-state index < -0.39 is 35.0 Å². The maximum absolute atomic E-state index is 14.5. The first-order valence-electron chi connectivity index (χ1n) is 14.9. The minimum absolute atomic E-state index is 0.0111. The number of fused-ring (bicyclic) bond motifs is 4. The molecule has 0 aromatic heterocycles. The molecule has 3 fully saturated rings. The van der Waals surface area contributed by atoms with Crippen LogP contribution in [0.5, 0.6) is 11.5 Å². The van der Waals surface area contributed by atoms with E-state index in [4.69, 9.17) is 4.74 Å². The molecule has 6 atom stereocenters. The molecule has 7 rings (SSSR count). The number of anilines is 2. The van der Waals surface area contributed by atoms with Crippen molar-refractivity contribution in [3.63, 3.8) is 0 Å². The molecule has 9 heteroatoms. The lowest BCUT2D eigenvalue weighted by Crippen LogP contribution is -2.48. The van der Waals surface area contributed by atoms with Crippen LogP contribution < -0.4 is 14.5 Å². The second-order valence-electron chi connectivity index (χ2n) is 12.4. The van der Waals surface area contributed by atoms with Crippen LogP contribution in [0.2, 0.25) is 0 Å². The van der Waals surface area contributed by atoms with Gasteiger partial charge in [-0.2, -0.15) is 0 Å². The van der Waals surface area contributed by atoms with Gasteiger partial charge in [0.05, 0.1) is 45.2 Å². The summed E-state index contributed by atoms with van der Waals surface area (Å²) in [6, 6.07) is 19.6. The number of rotatable bonds is 5. The first-order chi connectivity index (χ1) is 21.6. The summed E-state index contributed by atoms with van der Waals surface area (Å²) in [6.45, 7) is 5.62. The third-order valence-corrected chi connectivity index (χ3v) is 11.1. The van der Waals surface area contributed by atoms with E-state index in [1.54, 1.807) is 48.5 Å². The van der Waals surface area contributed by atoms with Crippen molar-refractivity contribution in [3.8, 4) is 11.5 Å². The van der Waals surface area contributed by atoms with Gasteiger partial charge < -0.3 is 9.84 Å². The zero-order valence-electron chi connectivity index (χ0n) is 24.8. The Kier molecular flexibility index (Phi) is 6.99. The molecule has 8 nitrogen and oxygen atoms in total. The molecule has 0 unspecified atom stereocenters. The van der Waals surface area contributed by atoms with E-state index in [1.807, 2.05) is 59.9 Å². The summed E-state index contributed by atoms with van der Waals surface area (Å²) < 4.78 is 6.05. The van der Waals surface area contributed by atoms with E-state index in [1.165, 1.54) is 16.9 Å². The Morgan fingerprint density at radius 2 is 1.62 bits per heavy atom. The summed E-state index contributed by atoms with van der Waals surface area (Å²) in [6.07, 6.45) is 4.33. The zero-order chi connectivity index (χ0) is 31.8. The smallest absolute Gasteiger partial charge is 0.241 e. The van der Waals surface area contributed by atoms with Crippen LogP contribution in [-0.4, -0.2) is 35.8 Å². The number of methoxy groups -OCH3 is 1. The Labute approximate surface area is 274 Å². The van der Waals surface area contributed by atoms with Crippen LogP contribution in [0.1, 0.15) is 36.8 Å². The molecule has 3 aromatic rings. The Morgan fingerprint density at radius 1 is 0.933 bits per heavy atom. The van der Waals surface area contributed by atoms with E-state index in [-0.39, 0.29) is 41.5 Å². The number of carbonyl (C=O) groups excluding carboxylic acids is 4.